The first-order valence-corrected chi connectivity index (χ1v) is 11.1. The smallest absolute Gasteiger partial charge is 0.277 e. The van der Waals surface area contributed by atoms with Crippen LogP contribution < -0.4 is 25.8 Å². The number of hydrogen-bond acceptors (Lipinski definition) is 8. The molecule has 2 aromatic carbocycles. The van der Waals surface area contributed by atoms with E-state index in [9.17, 15) is 9.18 Å². The Kier molecular flexibility index (Phi) is 8.87. The van der Waals surface area contributed by atoms with Crippen LogP contribution >= 0.6 is 27.5 Å². The van der Waals surface area contributed by atoms with Crippen LogP contribution in [0.4, 0.5) is 10.2 Å². The van der Waals surface area contributed by atoms with E-state index in [0.29, 0.717) is 52.8 Å². The van der Waals surface area contributed by atoms with Gasteiger partial charge in [-0.25, -0.2) is 9.02 Å². The van der Waals surface area contributed by atoms with Gasteiger partial charge < -0.3 is 25.8 Å². The lowest BCUT2D eigenvalue weighted by Crippen LogP contribution is -2.32. The Balaban J connectivity index is 1.56. The predicted octanol–water partition coefficient (Wildman–Crippen LogP) is 3.70. The van der Waals surface area contributed by atoms with Crippen molar-refractivity contribution in [1.82, 2.24) is 20.9 Å². The van der Waals surface area contributed by atoms with E-state index in [0.717, 1.165) is 5.56 Å². The molecule has 0 aliphatic rings. The Bertz CT molecular complexity index is 1110. The molecule has 0 aliphatic heterocycles. The molecule has 4 N–H and O–H groups in total. The quantitative estimate of drug-likeness (QED) is 0.313. The van der Waals surface area contributed by atoms with Crippen molar-refractivity contribution in [3.63, 3.8) is 0 Å². The molecule has 1 amide bonds. The number of ether oxygens (including phenoxy) is 2. The topological polar surface area (TPSA) is 125 Å². The zero-order chi connectivity index (χ0) is 23.8. The summed E-state index contributed by atoms with van der Waals surface area (Å²) in [6, 6.07) is 7.92. The monoisotopic (exact) mass is 541 g/mol. The second-order valence-electron chi connectivity index (χ2n) is 6.79. The minimum atomic E-state index is -0.459. The van der Waals surface area contributed by atoms with Gasteiger partial charge in [-0.2, -0.15) is 0 Å². The highest BCUT2D eigenvalue weighted by Crippen LogP contribution is 2.38. The summed E-state index contributed by atoms with van der Waals surface area (Å²) in [4.78, 5) is 11.9. The number of anilines is 1. The standard InChI is InChI=1S/C21H22BrClFN5O4/c1-2-31-17-8-12(10-26-5-6-27-21(30)18-20(25)29-33-28-18)7-15(22)19(17)32-11-13-3-4-14(24)9-16(13)23/h3-4,7-9,26H,2,5-6,10-11H2,1H3,(H2,25,29)(H,27,30). The third-order valence-corrected chi connectivity index (χ3v) is 5.34. The molecule has 0 saturated heterocycles. The number of nitrogens with two attached hydrogens (primary N) is 1. The van der Waals surface area contributed by atoms with E-state index < -0.39 is 11.7 Å². The molecule has 0 fully saturated rings. The summed E-state index contributed by atoms with van der Waals surface area (Å²) in [7, 11) is 0. The molecule has 3 rings (SSSR count). The zero-order valence-electron chi connectivity index (χ0n) is 17.7. The predicted molar refractivity (Wildman–Crippen MR) is 124 cm³/mol. The highest BCUT2D eigenvalue weighted by Gasteiger charge is 2.16. The van der Waals surface area contributed by atoms with Crippen molar-refractivity contribution in [3.8, 4) is 11.5 Å². The van der Waals surface area contributed by atoms with E-state index in [1.807, 2.05) is 19.1 Å². The van der Waals surface area contributed by atoms with Crippen molar-refractivity contribution in [1.29, 1.82) is 0 Å². The molecule has 0 spiro atoms. The molecule has 12 heteroatoms. The van der Waals surface area contributed by atoms with Gasteiger partial charge in [0.2, 0.25) is 11.5 Å². The molecule has 0 aliphatic carbocycles. The maximum Gasteiger partial charge on any atom is 0.277 e. The van der Waals surface area contributed by atoms with Gasteiger partial charge in [-0.1, -0.05) is 17.7 Å². The minimum Gasteiger partial charge on any atom is -0.490 e. The molecule has 9 nitrogen and oxygen atoms in total. The van der Waals surface area contributed by atoms with Crippen LogP contribution in [0.1, 0.15) is 28.5 Å². The fraction of sp³-hybridized carbons (Fsp3) is 0.286. The van der Waals surface area contributed by atoms with Crippen LogP contribution in [0.3, 0.4) is 0 Å². The summed E-state index contributed by atoms with van der Waals surface area (Å²) in [5.74, 6) is 0.157. The van der Waals surface area contributed by atoms with E-state index in [1.54, 1.807) is 6.07 Å². The fourth-order valence-electron chi connectivity index (χ4n) is 2.85. The van der Waals surface area contributed by atoms with Crippen molar-refractivity contribution in [2.45, 2.75) is 20.1 Å². The van der Waals surface area contributed by atoms with E-state index in [-0.39, 0.29) is 18.1 Å². The van der Waals surface area contributed by atoms with Crippen molar-refractivity contribution in [2.24, 2.45) is 0 Å². The zero-order valence-corrected chi connectivity index (χ0v) is 20.0. The van der Waals surface area contributed by atoms with Crippen LogP contribution in [0.2, 0.25) is 5.02 Å². The second-order valence-corrected chi connectivity index (χ2v) is 8.05. The van der Waals surface area contributed by atoms with Gasteiger partial charge in [-0.15, -0.1) is 0 Å². The summed E-state index contributed by atoms with van der Waals surface area (Å²) in [6.45, 7) is 3.85. The summed E-state index contributed by atoms with van der Waals surface area (Å²) < 4.78 is 30.0. The van der Waals surface area contributed by atoms with Gasteiger partial charge in [0.25, 0.3) is 5.91 Å². The number of carbonyl (C=O) groups is 1. The van der Waals surface area contributed by atoms with Crippen molar-refractivity contribution < 1.29 is 23.3 Å². The number of nitrogens with zero attached hydrogens (tertiary/aromatic N) is 2. The number of nitrogens with one attached hydrogen (secondary N) is 2. The van der Waals surface area contributed by atoms with E-state index in [4.69, 9.17) is 26.8 Å². The molecule has 3 aromatic rings. The number of nitrogen functional groups attached to an aromatic ring is 1. The Morgan fingerprint density at radius 1 is 1.24 bits per heavy atom. The summed E-state index contributed by atoms with van der Waals surface area (Å²) in [5.41, 5.74) is 7.04. The highest BCUT2D eigenvalue weighted by atomic mass is 79.9. The van der Waals surface area contributed by atoms with Gasteiger partial charge >= 0.3 is 0 Å². The highest BCUT2D eigenvalue weighted by molar-refractivity contribution is 9.10. The largest absolute Gasteiger partial charge is 0.490 e. The Morgan fingerprint density at radius 3 is 2.76 bits per heavy atom. The van der Waals surface area contributed by atoms with Gasteiger partial charge in [0.1, 0.15) is 12.4 Å². The average Bonchev–Trinajstić information content (AvgIpc) is 3.20. The number of hydrogen-bond donors (Lipinski definition) is 3. The average molecular weight is 543 g/mol. The lowest BCUT2D eigenvalue weighted by atomic mass is 10.2. The number of benzene rings is 2. The van der Waals surface area contributed by atoms with Crippen LogP contribution in [0.15, 0.2) is 39.4 Å². The molecule has 0 radical (unpaired) electrons. The molecule has 0 atom stereocenters. The number of halogens is 3. The Hall–Kier alpha value is -2.89. The van der Waals surface area contributed by atoms with Crippen LogP contribution in [0.5, 0.6) is 11.5 Å². The van der Waals surface area contributed by atoms with Crippen LogP contribution in [0.25, 0.3) is 0 Å². The summed E-state index contributed by atoms with van der Waals surface area (Å²) in [5, 5.41) is 13.0. The number of carbonyl (C=O) groups excluding carboxylic acids is 1. The maximum absolute atomic E-state index is 13.3. The lowest BCUT2D eigenvalue weighted by Gasteiger charge is -2.16. The molecule has 1 aromatic heterocycles. The van der Waals surface area contributed by atoms with Crippen molar-refractivity contribution in [3.05, 3.63) is 62.5 Å². The van der Waals surface area contributed by atoms with Gasteiger partial charge in [0, 0.05) is 25.2 Å². The molecule has 1 heterocycles. The first-order chi connectivity index (χ1) is 15.9. The SMILES string of the molecule is CCOc1cc(CNCCNC(=O)c2nonc2N)cc(Br)c1OCc1ccc(F)cc1Cl. The van der Waals surface area contributed by atoms with Gasteiger partial charge in [-0.05, 0) is 63.0 Å². The van der Waals surface area contributed by atoms with E-state index in [1.165, 1.54) is 12.1 Å². The number of amides is 1. The maximum atomic E-state index is 13.3. The number of aromatic nitrogens is 2. The van der Waals surface area contributed by atoms with E-state index in [2.05, 4.69) is 41.5 Å². The fourth-order valence-corrected chi connectivity index (χ4v) is 3.67. The molecule has 176 valence electrons. The van der Waals surface area contributed by atoms with E-state index >= 15 is 0 Å². The van der Waals surface area contributed by atoms with Crippen LogP contribution in [0, 0.1) is 5.82 Å². The molecule has 33 heavy (non-hydrogen) atoms. The van der Waals surface area contributed by atoms with Crippen LogP contribution in [-0.4, -0.2) is 35.9 Å². The van der Waals surface area contributed by atoms with Gasteiger partial charge in [0.15, 0.2) is 11.5 Å². The second kappa shape index (κ2) is 11.8. The Morgan fingerprint density at radius 2 is 2.06 bits per heavy atom. The summed E-state index contributed by atoms with van der Waals surface area (Å²) in [6.07, 6.45) is 0. The van der Waals surface area contributed by atoms with Gasteiger partial charge in [-0.3, -0.25) is 4.79 Å². The van der Waals surface area contributed by atoms with Gasteiger partial charge in [0.05, 0.1) is 16.1 Å². The van der Waals surface area contributed by atoms with Crippen LogP contribution in [-0.2, 0) is 13.2 Å². The number of rotatable bonds is 11. The third-order valence-electron chi connectivity index (χ3n) is 4.40. The minimum absolute atomic E-state index is 0.0437. The molecule has 0 unspecified atom stereocenters. The first-order valence-electron chi connectivity index (χ1n) is 9.98. The third kappa shape index (κ3) is 6.80. The summed E-state index contributed by atoms with van der Waals surface area (Å²) >= 11 is 9.61. The molecular weight excluding hydrogens is 521 g/mol. The molecular formula is C21H22BrClFN5O4. The first kappa shape index (κ1) is 24.7. The molecule has 0 bridgehead atoms. The molecule has 0 saturated carbocycles. The lowest BCUT2D eigenvalue weighted by molar-refractivity contribution is 0.0944. The van der Waals surface area contributed by atoms with Crippen molar-refractivity contribution in [2.75, 3.05) is 25.4 Å². The normalized spacial score (nSPS) is 10.8. The Labute approximate surface area is 202 Å². The van der Waals surface area contributed by atoms with Crippen molar-refractivity contribution >= 4 is 39.3 Å².